The molecule has 0 radical (unpaired) electrons. The fourth-order valence-electron chi connectivity index (χ4n) is 4.06. The highest BCUT2D eigenvalue weighted by Gasteiger charge is 2.31. The van der Waals surface area contributed by atoms with E-state index in [1.54, 1.807) is 13.8 Å². The molecule has 9 heteroatoms. The van der Waals surface area contributed by atoms with E-state index in [-0.39, 0.29) is 25.4 Å². The van der Waals surface area contributed by atoms with Gasteiger partial charge in [-0.1, -0.05) is 105 Å². The summed E-state index contributed by atoms with van der Waals surface area (Å²) < 4.78 is 5.33. The summed E-state index contributed by atoms with van der Waals surface area (Å²) >= 11 is 0. The number of hydrogen-bond donors (Lipinski definition) is 4. The summed E-state index contributed by atoms with van der Waals surface area (Å²) in [5.74, 6) is -2.78. The smallest absolute Gasteiger partial charge is 0.408 e. The topological polar surface area (TPSA) is 134 Å². The molecule has 3 atom stereocenters. The minimum atomic E-state index is -1.17. The number of carbonyl (C=O) groups is 4. The Hall–Kier alpha value is -4.66. The van der Waals surface area contributed by atoms with Crippen LogP contribution in [-0.4, -0.2) is 47.1 Å². The third kappa shape index (κ3) is 9.58. The lowest BCUT2D eigenvalue weighted by Crippen LogP contribution is -2.57. The van der Waals surface area contributed by atoms with Crippen LogP contribution >= 0.6 is 0 Å². The number of amides is 3. The van der Waals surface area contributed by atoms with Crippen molar-refractivity contribution in [3.8, 4) is 0 Å². The molecule has 0 aliphatic heterocycles. The average Bonchev–Trinajstić information content (AvgIpc) is 2.95. The van der Waals surface area contributed by atoms with Gasteiger partial charge in [-0.3, -0.25) is 9.59 Å². The number of carbonyl (C=O) groups excluding carboxylic acids is 3. The molecule has 0 saturated heterocycles. The van der Waals surface area contributed by atoms with E-state index < -0.39 is 42.0 Å². The molecule has 3 amide bonds. The van der Waals surface area contributed by atoms with Crippen LogP contribution < -0.4 is 16.0 Å². The van der Waals surface area contributed by atoms with Crippen LogP contribution in [0.2, 0.25) is 0 Å². The number of nitrogens with one attached hydrogen (secondary N) is 3. The predicted octanol–water partition coefficient (Wildman–Crippen LogP) is 3.48. The quantitative estimate of drug-likeness (QED) is 0.260. The Kier molecular flexibility index (Phi) is 11.3. The number of alkyl carbamates (subject to hydrolysis) is 1. The van der Waals surface area contributed by atoms with E-state index in [0.717, 1.165) is 16.7 Å². The van der Waals surface area contributed by atoms with Crippen LogP contribution in [0.15, 0.2) is 91.0 Å². The van der Waals surface area contributed by atoms with Crippen LogP contribution in [0.1, 0.15) is 30.5 Å². The fraction of sp³-hybridized carbons (Fsp3) is 0.290. The Morgan fingerprint density at radius 3 is 1.52 bits per heavy atom. The molecule has 40 heavy (non-hydrogen) atoms. The third-order valence-electron chi connectivity index (χ3n) is 6.25. The number of ether oxygens (including phenoxy) is 1. The van der Waals surface area contributed by atoms with Gasteiger partial charge in [0.15, 0.2) is 0 Å². The normalized spacial score (nSPS) is 13.0. The number of carboxylic acids is 1. The van der Waals surface area contributed by atoms with Crippen molar-refractivity contribution in [2.45, 2.75) is 51.4 Å². The zero-order valence-electron chi connectivity index (χ0n) is 22.6. The highest BCUT2D eigenvalue weighted by Crippen LogP contribution is 2.09. The van der Waals surface area contributed by atoms with Crippen LogP contribution in [0.5, 0.6) is 0 Å². The molecule has 0 heterocycles. The average molecular weight is 546 g/mol. The number of rotatable bonds is 13. The number of hydrogen-bond acceptors (Lipinski definition) is 5. The molecular weight excluding hydrogens is 510 g/mol. The van der Waals surface area contributed by atoms with Crippen molar-refractivity contribution in [1.82, 2.24) is 16.0 Å². The summed E-state index contributed by atoms with van der Waals surface area (Å²) in [7, 11) is 0. The maximum absolute atomic E-state index is 13.5. The molecule has 210 valence electrons. The molecule has 9 nitrogen and oxygen atoms in total. The zero-order valence-corrected chi connectivity index (χ0v) is 22.6. The maximum Gasteiger partial charge on any atom is 0.408 e. The van der Waals surface area contributed by atoms with Crippen molar-refractivity contribution >= 4 is 23.9 Å². The molecule has 3 aromatic carbocycles. The highest BCUT2D eigenvalue weighted by atomic mass is 16.5. The number of carboxylic acid groups (broad SMARTS) is 1. The fourth-order valence-corrected chi connectivity index (χ4v) is 4.06. The molecule has 4 N–H and O–H groups in total. The Morgan fingerprint density at radius 1 is 0.650 bits per heavy atom. The number of aliphatic carboxylic acids is 1. The molecule has 0 aliphatic carbocycles. The van der Waals surface area contributed by atoms with Crippen LogP contribution in [0, 0.1) is 5.92 Å². The van der Waals surface area contributed by atoms with Crippen molar-refractivity contribution in [3.63, 3.8) is 0 Å². The Bertz CT molecular complexity index is 1250. The Labute approximate surface area is 233 Å². The van der Waals surface area contributed by atoms with E-state index in [0.29, 0.717) is 0 Å². The monoisotopic (exact) mass is 545 g/mol. The van der Waals surface area contributed by atoms with Crippen LogP contribution in [-0.2, 0) is 38.6 Å². The van der Waals surface area contributed by atoms with Crippen LogP contribution in [0.25, 0.3) is 0 Å². The summed E-state index contributed by atoms with van der Waals surface area (Å²) in [6, 6.07) is 24.1. The van der Waals surface area contributed by atoms with Gasteiger partial charge in [0.25, 0.3) is 0 Å². The molecule has 3 aromatic rings. The largest absolute Gasteiger partial charge is 0.480 e. The first-order chi connectivity index (χ1) is 19.2. The first kappa shape index (κ1) is 29.9. The third-order valence-corrected chi connectivity index (χ3v) is 6.25. The minimum Gasteiger partial charge on any atom is -0.480 e. The summed E-state index contributed by atoms with van der Waals surface area (Å²) in [6.45, 7) is 3.40. The standard InChI is InChI=1S/C31H35N3O6/c1-21(2)27(30(37)38)34-29(36)25(18-22-12-6-3-7-13-22)32-28(35)26(19-23-14-8-4-9-15-23)33-31(39)40-20-24-16-10-5-11-17-24/h3-17,21,25-27H,18-20H2,1-2H3,(H,32,35)(H,33,39)(H,34,36)(H,37,38)/t25-,26+,27+/m1/s1. The predicted molar refractivity (Wildman–Crippen MR) is 150 cm³/mol. The summed E-state index contributed by atoms with van der Waals surface area (Å²) in [4.78, 5) is 51.2. The lowest BCUT2D eigenvalue weighted by molar-refractivity contribution is -0.143. The molecule has 0 spiro atoms. The van der Waals surface area contributed by atoms with Gasteiger partial charge in [-0.2, -0.15) is 0 Å². The van der Waals surface area contributed by atoms with Gasteiger partial charge in [0, 0.05) is 12.8 Å². The van der Waals surface area contributed by atoms with E-state index in [2.05, 4.69) is 16.0 Å². The van der Waals surface area contributed by atoms with Crippen molar-refractivity contribution in [3.05, 3.63) is 108 Å². The van der Waals surface area contributed by atoms with Gasteiger partial charge in [0.2, 0.25) is 11.8 Å². The lowest BCUT2D eigenvalue weighted by Gasteiger charge is -2.25. The van der Waals surface area contributed by atoms with E-state index in [4.69, 9.17) is 4.74 Å². The van der Waals surface area contributed by atoms with E-state index in [9.17, 15) is 24.3 Å². The van der Waals surface area contributed by atoms with Gasteiger partial charge in [-0.05, 0) is 22.6 Å². The molecule has 0 unspecified atom stereocenters. The Morgan fingerprint density at radius 2 is 1.07 bits per heavy atom. The lowest BCUT2D eigenvalue weighted by atomic mass is 10.0. The van der Waals surface area contributed by atoms with Gasteiger partial charge >= 0.3 is 12.1 Å². The molecule has 3 rings (SSSR count). The molecule has 0 fully saturated rings. The summed E-state index contributed by atoms with van der Waals surface area (Å²) in [6.07, 6.45) is -0.509. The minimum absolute atomic E-state index is 0.0250. The van der Waals surface area contributed by atoms with Crippen molar-refractivity contribution in [1.29, 1.82) is 0 Å². The van der Waals surface area contributed by atoms with Crippen molar-refractivity contribution < 1.29 is 29.0 Å². The van der Waals surface area contributed by atoms with Gasteiger partial charge in [-0.25, -0.2) is 9.59 Å². The second kappa shape index (κ2) is 15.1. The highest BCUT2D eigenvalue weighted by molar-refractivity contribution is 5.93. The van der Waals surface area contributed by atoms with Crippen molar-refractivity contribution in [2.24, 2.45) is 5.92 Å². The number of benzene rings is 3. The van der Waals surface area contributed by atoms with Crippen LogP contribution in [0.3, 0.4) is 0 Å². The van der Waals surface area contributed by atoms with E-state index in [1.165, 1.54) is 0 Å². The van der Waals surface area contributed by atoms with Gasteiger partial charge in [-0.15, -0.1) is 0 Å². The summed E-state index contributed by atoms with van der Waals surface area (Å²) in [5.41, 5.74) is 2.36. The van der Waals surface area contributed by atoms with Gasteiger partial charge in [0.1, 0.15) is 24.7 Å². The second-order valence-electron chi connectivity index (χ2n) is 9.77. The molecule has 0 aliphatic rings. The van der Waals surface area contributed by atoms with Gasteiger partial charge < -0.3 is 25.8 Å². The van der Waals surface area contributed by atoms with Gasteiger partial charge in [0.05, 0.1) is 0 Å². The Balaban J connectivity index is 1.78. The second-order valence-corrected chi connectivity index (χ2v) is 9.77. The first-order valence-corrected chi connectivity index (χ1v) is 13.1. The first-order valence-electron chi connectivity index (χ1n) is 13.1. The van der Waals surface area contributed by atoms with E-state index in [1.807, 2.05) is 91.0 Å². The SMILES string of the molecule is CC(C)[C@H](NC(=O)[C@@H](Cc1ccccc1)NC(=O)[C@H](Cc1ccccc1)NC(=O)OCc1ccccc1)C(=O)O. The van der Waals surface area contributed by atoms with E-state index >= 15 is 0 Å². The van der Waals surface area contributed by atoms with Crippen molar-refractivity contribution in [2.75, 3.05) is 0 Å². The molecule has 0 bridgehead atoms. The zero-order chi connectivity index (χ0) is 28.9. The molecule has 0 saturated carbocycles. The van der Waals surface area contributed by atoms with Crippen LogP contribution in [0.4, 0.5) is 4.79 Å². The molecular formula is C31H35N3O6. The summed E-state index contributed by atoms with van der Waals surface area (Å²) in [5, 5.41) is 17.5. The molecule has 0 aromatic heterocycles. The maximum atomic E-state index is 13.5.